The smallest absolute Gasteiger partial charge is 0.192 e. The maximum absolute atomic E-state index is 13.9. The highest BCUT2D eigenvalue weighted by molar-refractivity contribution is 8.00. The lowest BCUT2D eigenvalue weighted by atomic mass is 9.85. The van der Waals surface area contributed by atoms with Crippen LogP contribution in [0.3, 0.4) is 0 Å². The third-order valence-corrected chi connectivity index (χ3v) is 7.53. The quantitative estimate of drug-likeness (QED) is 0.313. The fraction of sp³-hybridized carbons (Fsp3) is 1.00. The van der Waals surface area contributed by atoms with E-state index in [9.17, 15) is 113 Å². The van der Waals surface area contributed by atoms with Crippen LogP contribution in [0, 0.1) is 10.8 Å². The zero-order valence-electron chi connectivity index (χ0n) is 16.2. The molecule has 0 fully saturated rings. The van der Waals surface area contributed by atoms with Crippen molar-refractivity contribution in [3.8, 4) is 0 Å². The van der Waals surface area contributed by atoms with Crippen molar-refractivity contribution < 1.29 is 117 Å². The maximum Gasteiger partial charge on any atom is 0.419 e. The molecule has 0 amide bonds. The van der Waals surface area contributed by atoms with E-state index in [-0.39, 0.29) is 0 Å². The van der Waals surface area contributed by atoms with Crippen LogP contribution in [0.25, 0.3) is 0 Å². The van der Waals surface area contributed by atoms with Gasteiger partial charge in [-0.3, -0.25) is 0 Å². The van der Waals surface area contributed by atoms with Gasteiger partial charge in [0, 0.05) is 0 Å². The van der Waals surface area contributed by atoms with Crippen LogP contribution in [0.15, 0.2) is 0 Å². The summed E-state index contributed by atoms with van der Waals surface area (Å²) >= 11 is 0. The van der Waals surface area contributed by atoms with Crippen molar-refractivity contribution in [2.45, 2.75) is 47.6 Å². The Morgan fingerprint density at radius 3 is 0.538 bits per heavy atom. The molecule has 0 aromatic rings. The second-order valence-corrected chi connectivity index (χ2v) is 9.88. The molecule has 0 rings (SSSR count). The monoisotopic (exact) mass is 682 g/mol. The molecule has 0 aliphatic carbocycles. The second-order valence-electron chi connectivity index (χ2n) is 6.50. The molecule has 0 unspecified atom stereocenters. The van der Waals surface area contributed by atoms with Crippen molar-refractivity contribution in [1.29, 1.82) is 0 Å². The van der Waals surface area contributed by atoms with Crippen LogP contribution < -0.4 is 0 Å². The summed E-state index contributed by atoms with van der Waals surface area (Å²) in [5.41, 5.74) is -18.3. The number of hydrogen-bond acceptors (Lipinski definition) is 5. The van der Waals surface area contributed by atoms with Crippen LogP contribution in [0.2, 0.25) is 0 Å². The van der Waals surface area contributed by atoms with Crippen molar-refractivity contribution in [3.05, 3.63) is 0 Å². The summed E-state index contributed by atoms with van der Waals surface area (Å²) in [4.78, 5) is 0. The predicted molar refractivity (Wildman–Crippen MR) is 70.0 cm³/mol. The van der Waals surface area contributed by atoms with Crippen molar-refractivity contribution in [1.82, 2.24) is 0 Å². The summed E-state index contributed by atoms with van der Waals surface area (Å²) in [7, 11) is -19.5. The first-order valence-corrected chi connectivity index (χ1v) is 10.4. The molecule has 29 heteroatoms. The molecule has 0 heterocycles. The number of alkyl halides is 22. The average molecular weight is 682 g/mol. The third-order valence-electron chi connectivity index (χ3n) is 4.23. The molecule has 0 radical (unpaired) electrons. The second kappa shape index (κ2) is 8.91. The molecule has 0 aliphatic heterocycles. The van der Waals surface area contributed by atoms with E-state index in [1.807, 2.05) is 0 Å². The Labute approximate surface area is 196 Å². The lowest BCUT2D eigenvalue weighted by Gasteiger charge is -2.43. The molecule has 0 N–H and O–H groups in total. The lowest BCUT2D eigenvalue weighted by Crippen LogP contribution is -2.72. The van der Waals surface area contributed by atoms with Gasteiger partial charge in [0.15, 0.2) is 0 Å². The Kier molecular flexibility index (Phi) is 8.52. The molecule has 0 aromatic carbocycles. The number of rotatable bonds is 6. The molecule has 0 spiro atoms. The largest absolute Gasteiger partial charge is 0.419 e. The van der Waals surface area contributed by atoms with Gasteiger partial charge in [0.05, 0.1) is 0 Å². The van der Waals surface area contributed by atoms with E-state index in [0.717, 1.165) is 0 Å². The van der Waals surface area contributed by atoms with E-state index in [1.54, 1.807) is 0 Å². The Hall–Kier alpha value is -1.68. The molecule has 39 heavy (non-hydrogen) atoms. The Bertz CT molecular complexity index is 962. The molecule has 0 atom stereocenters. The highest BCUT2D eigenvalue weighted by atomic mass is 32.3. The summed E-state index contributed by atoms with van der Waals surface area (Å²) in [6.07, 6.45) is -52.6. The van der Waals surface area contributed by atoms with Crippen molar-refractivity contribution in [2.24, 2.45) is 10.8 Å². The van der Waals surface area contributed by atoms with Crippen LogP contribution in [-0.2, 0) is 23.9 Å². The molecule has 5 nitrogen and oxygen atoms in total. The van der Waals surface area contributed by atoms with Gasteiger partial charge in [0.25, 0.3) is 0 Å². The standard InChI is InChI=1S/C10F22O5S2/c11-3(12,13)1(4(14,15)16,5(17,18)19)9(29,30)38(33,34)37-39(35,36)10(31,32)2(6(20,21)22,7(23,24)25)8(26,27)28. The fourth-order valence-corrected chi connectivity index (χ4v) is 5.60. The zero-order chi connectivity index (χ0) is 32.7. The first-order valence-electron chi connectivity index (χ1n) is 7.57. The van der Waals surface area contributed by atoms with Gasteiger partial charge in [-0.2, -0.15) is 113 Å². The summed E-state index contributed by atoms with van der Waals surface area (Å²) in [5, 5.41) is -18.3. The summed E-state index contributed by atoms with van der Waals surface area (Å²) < 4.78 is 330. The zero-order valence-corrected chi connectivity index (χ0v) is 17.8. The van der Waals surface area contributed by atoms with E-state index in [0.29, 0.717) is 0 Å². The lowest BCUT2D eigenvalue weighted by molar-refractivity contribution is -0.462. The van der Waals surface area contributed by atoms with Gasteiger partial charge in [-0.15, -0.1) is 3.63 Å². The average Bonchev–Trinajstić information content (AvgIpc) is 2.43. The maximum atomic E-state index is 13.9. The predicted octanol–water partition coefficient (Wildman–Crippen LogP) is 6.19. The molecule has 0 bridgehead atoms. The minimum atomic E-state index is -9.77. The number of halogens is 22. The van der Waals surface area contributed by atoms with Gasteiger partial charge in [0.2, 0.25) is 0 Å². The van der Waals surface area contributed by atoms with Crippen LogP contribution in [0.1, 0.15) is 0 Å². The molecular weight excluding hydrogens is 682 g/mol. The summed E-state index contributed by atoms with van der Waals surface area (Å²) in [5.74, 6) is 0. The molecule has 0 saturated carbocycles. The van der Waals surface area contributed by atoms with Gasteiger partial charge in [-0.05, 0) is 0 Å². The number of hydrogen-bond donors (Lipinski definition) is 0. The van der Waals surface area contributed by atoms with Gasteiger partial charge >= 0.3 is 78.6 Å². The van der Waals surface area contributed by atoms with Crippen LogP contribution in [0.4, 0.5) is 96.6 Å². The molecule has 0 aromatic heterocycles. The van der Waals surface area contributed by atoms with Gasteiger partial charge < -0.3 is 0 Å². The van der Waals surface area contributed by atoms with E-state index in [1.165, 1.54) is 3.63 Å². The van der Waals surface area contributed by atoms with E-state index in [2.05, 4.69) is 0 Å². The summed E-state index contributed by atoms with van der Waals surface area (Å²) in [6.45, 7) is 0. The Morgan fingerprint density at radius 1 is 0.308 bits per heavy atom. The summed E-state index contributed by atoms with van der Waals surface area (Å²) in [6, 6.07) is 0. The van der Waals surface area contributed by atoms with Gasteiger partial charge in [-0.1, -0.05) is 0 Å². The Morgan fingerprint density at radius 2 is 0.436 bits per heavy atom. The van der Waals surface area contributed by atoms with Crippen molar-refractivity contribution in [2.75, 3.05) is 0 Å². The van der Waals surface area contributed by atoms with Crippen molar-refractivity contribution in [3.63, 3.8) is 0 Å². The minimum absolute atomic E-state index is 1.18. The molecular formula is C10F22O5S2. The highest BCUT2D eigenvalue weighted by Crippen LogP contribution is 2.70. The molecule has 0 saturated heterocycles. The van der Waals surface area contributed by atoms with Crippen LogP contribution in [0.5, 0.6) is 0 Å². The van der Waals surface area contributed by atoms with E-state index >= 15 is 0 Å². The highest BCUT2D eigenvalue weighted by Gasteiger charge is 2.99. The first kappa shape index (κ1) is 37.3. The first-order chi connectivity index (χ1) is 16.2. The van der Waals surface area contributed by atoms with E-state index < -0.39 is 78.6 Å². The fourth-order valence-electron chi connectivity index (χ4n) is 2.53. The van der Waals surface area contributed by atoms with Crippen LogP contribution >= 0.6 is 0 Å². The SMILES string of the molecule is O=S(=O)(OS(=O)(=O)C(F)(F)C(C(F)(F)F)(C(F)(F)F)C(F)(F)F)C(F)(F)C(C(F)(F)F)(C(F)(F)F)C(F)(F)F. The van der Waals surface area contributed by atoms with E-state index in [4.69, 9.17) is 0 Å². The van der Waals surface area contributed by atoms with Gasteiger partial charge in [-0.25, -0.2) is 0 Å². The van der Waals surface area contributed by atoms with Gasteiger partial charge in [0.1, 0.15) is 0 Å². The molecule has 0 aliphatic rings. The minimum Gasteiger partial charge on any atom is -0.192 e. The normalized spacial score (nSPS) is 17.0. The van der Waals surface area contributed by atoms with Crippen LogP contribution in [-0.4, -0.2) is 64.4 Å². The topological polar surface area (TPSA) is 77.5 Å². The van der Waals surface area contributed by atoms with Crippen molar-refractivity contribution >= 4 is 20.2 Å². The third kappa shape index (κ3) is 4.81. The Balaban J connectivity index is 7.87. The molecule has 236 valence electrons.